The average Bonchev–Trinajstić information content (AvgIpc) is 3.54. The van der Waals surface area contributed by atoms with E-state index in [9.17, 15) is 0 Å². The summed E-state index contributed by atoms with van der Waals surface area (Å²) in [6, 6.07) is 50.3. The Hall–Kier alpha value is -5.80. The molecule has 0 unspecified atom stereocenters. The van der Waals surface area contributed by atoms with Gasteiger partial charge in [0.25, 0.3) is 0 Å². The minimum absolute atomic E-state index is 0.0854. The lowest BCUT2D eigenvalue weighted by atomic mass is 9.82. The quantitative estimate of drug-likeness (QED) is 0.201. The second kappa shape index (κ2) is 9.12. The van der Waals surface area contributed by atoms with E-state index in [0.29, 0.717) is 5.95 Å². The van der Waals surface area contributed by atoms with Gasteiger partial charge >= 0.3 is 0 Å². The Bertz CT molecular complexity index is 2730. The van der Waals surface area contributed by atoms with Gasteiger partial charge in [-0.25, -0.2) is 9.97 Å². The second-order valence-electron chi connectivity index (χ2n) is 13.0. The van der Waals surface area contributed by atoms with Crippen LogP contribution < -0.4 is 0 Å². The molecular formula is C43H29N3. The molecule has 0 N–H and O–H groups in total. The van der Waals surface area contributed by atoms with Crippen molar-refractivity contribution in [2.45, 2.75) is 19.3 Å². The summed E-state index contributed by atoms with van der Waals surface area (Å²) >= 11 is 0. The molecule has 46 heavy (non-hydrogen) atoms. The Morgan fingerprint density at radius 2 is 1.20 bits per heavy atom. The summed E-state index contributed by atoms with van der Waals surface area (Å²) in [4.78, 5) is 10.8. The van der Waals surface area contributed by atoms with Gasteiger partial charge in [-0.1, -0.05) is 129 Å². The lowest BCUT2D eigenvalue weighted by Gasteiger charge is -2.22. The summed E-state index contributed by atoms with van der Waals surface area (Å²) in [6.07, 6.45) is 0. The fourth-order valence-electron chi connectivity index (χ4n) is 8.01. The van der Waals surface area contributed by atoms with Crippen molar-refractivity contribution in [3.8, 4) is 28.3 Å². The van der Waals surface area contributed by atoms with Gasteiger partial charge in [0.1, 0.15) is 0 Å². The van der Waals surface area contributed by atoms with Crippen LogP contribution in [-0.2, 0) is 5.41 Å². The first kappa shape index (κ1) is 25.5. The van der Waals surface area contributed by atoms with Crippen molar-refractivity contribution in [3.05, 3.63) is 151 Å². The SMILES string of the molecule is CC1(C)c2ccccc2-c2c1ccc1cccc(-c3nc(-n4c5ccccc5c5cc6ccccc6cc54)nc4ccccc34)c21. The maximum Gasteiger partial charge on any atom is 0.235 e. The van der Waals surface area contributed by atoms with Crippen molar-refractivity contribution < 1.29 is 0 Å². The highest BCUT2D eigenvalue weighted by Gasteiger charge is 2.36. The predicted octanol–water partition coefficient (Wildman–Crippen LogP) is 11.0. The third kappa shape index (κ3) is 3.37. The smallest absolute Gasteiger partial charge is 0.235 e. The lowest BCUT2D eigenvalue weighted by Crippen LogP contribution is -2.14. The number of benzene rings is 7. The molecule has 2 aromatic heterocycles. The maximum absolute atomic E-state index is 5.51. The summed E-state index contributed by atoms with van der Waals surface area (Å²) in [5.74, 6) is 0.681. The van der Waals surface area contributed by atoms with Crippen LogP contribution in [0.5, 0.6) is 0 Å². The molecule has 0 radical (unpaired) electrons. The number of hydrogen-bond donors (Lipinski definition) is 0. The molecule has 0 bridgehead atoms. The van der Waals surface area contributed by atoms with Crippen LogP contribution >= 0.6 is 0 Å². The molecule has 0 saturated heterocycles. The van der Waals surface area contributed by atoms with E-state index in [0.717, 1.165) is 33.2 Å². The van der Waals surface area contributed by atoms with E-state index in [1.807, 2.05) is 0 Å². The van der Waals surface area contributed by atoms with Crippen LogP contribution in [0.1, 0.15) is 25.0 Å². The summed E-state index contributed by atoms with van der Waals surface area (Å²) in [5.41, 5.74) is 10.5. The monoisotopic (exact) mass is 587 g/mol. The topological polar surface area (TPSA) is 30.7 Å². The van der Waals surface area contributed by atoms with Crippen LogP contribution in [0.25, 0.3) is 82.6 Å². The molecule has 0 atom stereocenters. The van der Waals surface area contributed by atoms with Gasteiger partial charge in [-0.2, -0.15) is 0 Å². The van der Waals surface area contributed by atoms with E-state index in [1.165, 1.54) is 54.6 Å². The van der Waals surface area contributed by atoms with Crippen LogP contribution in [0.15, 0.2) is 140 Å². The van der Waals surface area contributed by atoms with E-state index in [1.54, 1.807) is 0 Å². The van der Waals surface area contributed by atoms with Crippen molar-refractivity contribution >= 4 is 54.3 Å². The number of aromatic nitrogens is 3. The molecule has 1 aliphatic rings. The first-order valence-electron chi connectivity index (χ1n) is 15.9. The molecule has 0 amide bonds. The Labute approximate surface area is 266 Å². The van der Waals surface area contributed by atoms with Gasteiger partial charge in [0.15, 0.2) is 0 Å². The Kier molecular flexibility index (Phi) is 5.06. The van der Waals surface area contributed by atoms with Crippen LogP contribution in [-0.4, -0.2) is 14.5 Å². The summed E-state index contributed by atoms with van der Waals surface area (Å²) < 4.78 is 2.25. The highest BCUT2D eigenvalue weighted by atomic mass is 15.2. The number of rotatable bonds is 2. The average molecular weight is 588 g/mol. The molecule has 0 fully saturated rings. The second-order valence-corrected chi connectivity index (χ2v) is 13.0. The first-order chi connectivity index (χ1) is 22.6. The fraction of sp³-hybridized carbons (Fsp3) is 0.0698. The molecule has 1 aliphatic carbocycles. The van der Waals surface area contributed by atoms with Gasteiger partial charge < -0.3 is 0 Å². The summed E-state index contributed by atoms with van der Waals surface area (Å²) in [5, 5.41) is 8.35. The molecule has 9 aromatic rings. The van der Waals surface area contributed by atoms with Gasteiger partial charge in [-0.3, -0.25) is 4.57 Å². The zero-order valence-corrected chi connectivity index (χ0v) is 25.6. The van der Waals surface area contributed by atoms with Crippen molar-refractivity contribution in [2.24, 2.45) is 0 Å². The lowest BCUT2D eigenvalue weighted by molar-refractivity contribution is 0.661. The van der Waals surface area contributed by atoms with E-state index in [4.69, 9.17) is 9.97 Å². The molecule has 7 aromatic carbocycles. The van der Waals surface area contributed by atoms with E-state index in [2.05, 4.69) is 158 Å². The van der Waals surface area contributed by atoms with E-state index in [-0.39, 0.29) is 5.41 Å². The van der Waals surface area contributed by atoms with Crippen molar-refractivity contribution in [1.29, 1.82) is 0 Å². The van der Waals surface area contributed by atoms with Gasteiger partial charge in [-0.15, -0.1) is 0 Å². The molecule has 0 aliphatic heterocycles. The minimum Gasteiger partial charge on any atom is -0.278 e. The molecule has 0 spiro atoms. The number of fused-ring (bicyclic) bond motifs is 10. The van der Waals surface area contributed by atoms with Crippen molar-refractivity contribution in [2.75, 3.05) is 0 Å². The van der Waals surface area contributed by atoms with Crippen LogP contribution in [0.2, 0.25) is 0 Å². The van der Waals surface area contributed by atoms with Crippen molar-refractivity contribution in [1.82, 2.24) is 14.5 Å². The molecule has 0 saturated carbocycles. The highest BCUT2D eigenvalue weighted by molar-refractivity contribution is 6.15. The van der Waals surface area contributed by atoms with Crippen LogP contribution in [0.4, 0.5) is 0 Å². The zero-order valence-electron chi connectivity index (χ0n) is 25.6. The number of para-hydroxylation sites is 2. The number of nitrogens with zero attached hydrogens (tertiary/aromatic N) is 3. The van der Waals surface area contributed by atoms with Gasteiger partial charge in [-0.05, 0) is 68.1 Å². The summed E-state index contributed by atoms with van der Waals surface area (Å²) in [7, 11) is 0. The Morgan fingerprint density at radius 1 is 0.500 bits per heavy atom. The van der Waals surface area contributed by atoms with Gasteiger partial charge in [0.05, 0.1) is 22.2 Å². The maximum atomic E-state index is 5.51. The molecule has 10 rings (SSSR count). The molecule has 2 heterocycles. The molecular weight excluding hydrogens is 558 g/mol. The predicted molar refractivity (Wildman–Crippen MR) is 192 cm³/mol. The molecule has 3 heteroatoms. The number of hydrogen-bond acceptors (Lipinski definition) is 2. The molecule has 216 valence electrons. The highest BCUT2D eigenvalue weighted by Crippen LogP contribution is 2.53. The standard InChI is InChI=1S/C43H29N3/c1-43(2)34-19-8-5-16-30(34)40-35(43)23-22-26-14-11-18-32(39(26)40)41-31-17-6-9-20-36(31)44-42(45-41)46-37-21-10-7-15-29(37)33-24-27-12-3-4-13-28(27)25-38(33)46/h3-25H,1-2H3. The van der Waals surface area contributed by atoms with Crippen LogP contribution in [0, 0.1) is 0 Å². The third-order valence-corrected chi connectivity index (χ3v) is 10.2. The largest absolute Gasteiger partial charge is 0.278 e. The Balaban J connectivity index is 1.34. The molecule has 3 nitrogen and oxygen atoms in total. The zero-order chi connectivity index (χ0) is 30.6. The van der Waals surface area contributed by atoms with Gasteiger partial charge in [0.2, 0.25) is 5.95 Å². The van der Waals surface area contributed by atoms with Gasteiger partial charge in [0, 0.05) is 27.1 Å². The van der Waals surface area contributed by atoms with E-state index >= 15 is 0 Å². The first-order valence-corrected chi connectivity index (χ1v) is 15.9. The third-order valence-electron chi connectivity index (χ3n) is 10.2. The van der Waals surface area contributed by atoms with Crippen LogP contribution in [0.3, 0.4) is 0 Å². The summed E-state index contributed by atoms with van der Waals surface area (Å²) in [6.45, 7) is 4.69. The minimum atomic E-state index is -0.0854. The Morgan fingerprint density at radius 3 is 2.09 bits per heavy atom. The fourth-order valence-corrected chi connectivity index (χ4v) is 8.01. The van der Waals surface area contributed by atoms with Crippen molar-refractivity contribution in [3.63, 3.8) is 0 Å². The normalized spacial score (nSPS) is 13.6. The van der Waals surface area contributed by atoms with E-state index < -0.39 is 0 Å².